The minimum atomic E-state index is 0.0904. The summed E-state index contributed by atoms with van der Waals surface area (Å²) in [5.74, 6) is 1.45. The number of hydrogen-bond donors (Lipinski definition) is 2. The van der Waals surface area contributed by atoms with Gasteiger partial charge in [0.25, 0.3) is 0 Å². The lowest BCUT2D eigenvalue weighted by Crippen LogP contribution is -2.12. The lowest BCUT2D eigenvalue weighted by molar-refractivity contribution is 0.230. The Morgan fingerprint density at radius 2 is 2.20 bits per heavy atom. The van der Waals surface area contributed by atoms with Gasteiger partial charge in [-0.15, -0.1) is 0 Å². The van der Waals surface area contributed by atoms with E-state index in [1.165, 1.54) is 0 Å². The van der Waals surface area contributed by atoms with Crippen molar-refractivity contribution in [1.29, 1.82) is 0 Å². The molecule has 6 nitrogen and oxygen atoms in total. The third-order valence-corrected chi connectivity index (χ3v) is 2.91. The molecule has 3 N–H and O–H groups in total. The second-order valence-electron chi connectivity index (χ2n) is 4.96. The van der Waals surface area contributed by atoms with E-state index in [-0.39, 0.29) is 6.10 Å². The molecule has 0 aliphatic carbocycles. The minimum Gasteiger partial charge on any atom is -0.475 e. The first kappa shape index (κ1) is 14.2. The van der Waals surface area contributed by atoms with Gasteiger partial charge in [-0.2, -0.15) is 5.10 Å². The molecule has 108 valence electrons. The van der Waals surface area contributed by atoms with Crippen molar-refractivity contribution in [2.45, 2.75) is 33.4 Å². The van der Waals surface area contributed by atoms with E-state index in [0.717, 1.165) is 17.1 Å². The first-order chi connectivity index (χ1) is 9.49. The normalized spacial score (nSPS) is 10.8. The Labute approximate surface area is 119 Å². The van der Waals surface area contributed by atoms with Gasteiger partial charge in [-0.05, 0) is 26.8 Å². The standard InChI is InChI=1S/C14H21N5O/c1-9(2)20-14-11(6-5-7-16-14)8-17-13-12(15)10(3)18-19(13)4/h5-7,9,17H,8,15H2,1-4H3. The molecule has 6 heteroatoms. The molecule has 0 fully saturated rings. The van der Waals surface area contributed by atoms with Crippen LogP contribution in [-0.2, 0) is 13.6 Å². The number of nitrogens with zero attached hydrogens (tertiary/aromatic N) is 3. The molecule has 2 aromatic heterocycles. The Morgan fingerprint density at radius 1 is 1.45 bits per heavy atom. The maximum absolute atomic E-state index is 5.99. The van der Waals surface area contributed by atoms with E-state index >= 15 is 0 Å². The van der Waals surface area contributed by atoms with Crippen molar-refractivity contribution >= 4 is 11.5 Å². The van der Waals surface area contributed by atoms with Gasteiger partial charge < -0.3 is 15.8 Å². The smallest absolute Gasteiger partial charge is 0.218 e. The van der Waals surface area contributed by atoms with Gasteiger partial charge in [0.2, 0.25) is 5.88 Å². The molecule has 0 aromatic carbocycles. The lowest BCUT2D eigenvalue weighted by Gasteiger charge is -2.14. The number of pyridine rings is 1. The quantitative estimate of drug-likeness (QED) is 0.873. The zero-order valence-electron chi connectivity index (χ0n) is 12.3. The van der Waals surface area contributed by atoms with Crippen molar-refractivity contribution in [1.82, 2.24) is 14.8 Å². The van der Waals surface area contributed by atoms with Gasteiger partial charge in [-0.1, -0.05) is 6.07 Å². The van der Waals surface area contributed by atoms with Crippen molar-refractivity contribution in [3.63, 3.8) is 0 Å². The maximum Gasteiger partial charge on any atom is 0.218 e. The van der Waals surface area contributed by atoms with E-state index in [0.29, 0.717) is 18.1 Å². The van der Waals surface area contributed by atoms with Gasteiger partial charge in [-0.25, -0.2) is 4.98 Å². The Hall–Kier alpha value is -2.24. The summed E-state index contributed by atoms with van der Waals surface area (Å²) in [7, 11) is 1.86. The molecule has 0 saturated heterocycles. The molecular formula is C14H21N5O. The van der Waals surface area contributed by atoms with Gasteiger partial charge in [0.15, 0.2) is 0 Å². The van der Waals surface area contributed by atoms with E-state index in [4.69, 9.17) is 10.5 Å². The number of nitrogens with two attached hydrogens (primary N) is 1. The van der Waals surface area contributed by atoms with Crippen LogP contribution in [-0.4, -0.2) is 20.9 Å². The topological polar surface area (TPSA) is 78.0 Å². The van der Waals surface area contributed by atoms with Crippen LogP contribution in [0, 0.1) is 6.92 Å². The fourth-order valence-electron chi connectivity index (χ4n) is 1.95. The second-order valence-corrected chi connectivity index (χ2v) is 4.96. The highest BCUT2D eigenvalue weighted by molar-refractivity contribution is 5.64. The van der Waals surface area contributed by atoms with Crippen LogP contribution in [0.25, 0.3) is 0 Å². The monoisotopic (exact) mass is 275 g/mol. The molecule has 0 amide bonds. The third kappa shape index (κ3) is 3.01. The van der Waals surface area contributed by atoms with Gasteiger partial charge in [0.05, 0.1) is 17.5 Å². The van der Waals surface area contributed by atoms with E-state index in [9.17, 15) is 0 Å². The summed E-state index contributed by atoms with van der Waals surface area (Å²) < 4.78 is 7.43. The molecule has 0 atom stereocenters. The van der Waals surface area contributed by atoms with Crippen molar-refractivity contribution < 1.29 is 4.74 Å². The summed E-state index contributed by atoms with van der Waals surface area (Å²) >= 11 is 0. The van der Waals surface area contributed by atoms with Crippen LogP contribution >= 0.6 is 0 Å². The molecule has 0 unspecified atom stereocenters. The largest absolute Gasteiger partial charge is 0.475 e. The number of nitrogen functional groups attached to an aromatic ring is 1. The first-order valence-corrected chi connectivity index (χ1v) is 6.62. The predicted molar refractivity (Wildman–Crippen MR) is 79.7 cm³/mol. The summed E-state index contributed by atoms with van der Waals surface area (Å²) in [6, 6.07) is 3.87. The number of hydrogen-bond acceptors (Lipinski definition) is 5. The number of ether oxygens (including phenoxy) is 1. The van der Waals surface area contributed by atoms with Crippen molar-refractivity contribution in [3.05, 3.63) is 29.6 Å². The van der Waals surface area contributed by atoms with E-state index in [1.54, 1.807) is 10.9 Å². The average Bonchev–Trinajstić information content (AvgIpc) is 2.62. The first-order valence-electron chi connectivity index (χ1n) is 6.62. The van der Waals surface area contributed by atoms with Crippen molar-refractivity contribution in [3.8, 4) is 5.88 Å². The predicted octanol–water partition coefficient (Wildman–Crippen LogP) is 2.11. The van der Waals surface area contributed by atoms with Gasteiger partial charge in [0.1, 0.15) is 5.82 Å². The highest BCUT2D eigenvalue weighted by atomic mass is 16.5. The number of aryl methyl sites for hydroxylation is 2. The van der Waals surface area contributed by atoms with Crippen LogP contribution in [0.4, 0.5) is 11.5 Å². The summed E-state index contributed by atoms with van der Waals surface area (Å²) in [5, 5.41) is 7.56. The molecule has 2 heterocycles. The summed E-state index contributed by atoms with van der Waals surface area (Å²) in [6.07, 6.45) is 1.82. The van der Waals surface area contributed by atoms with Crippen LogP contribution < -0.4 is 15.8 Å². The van der Waals surface area contributed by atoms with Gasteiger partial charge in [-0.3, -0.25) is 4.68 Å². The van der Waals surface area contributed by atoms with Crippen LogP contribution in [0.5, 0.6) is 5.88 Å². The maximum atomic E-state index is 5.99. The van der Waals surface area contributed by atoms with Crippen LogP contribution in [0.1, 0.15) is 25.1 Å². The van der Waals surface area contributed by atoms with Crippen molar-refractivity contribution in [2.24, 2.45) is 7.05 Å². The Kier molecular flexibility index (Phi) is 4.12. The average molecular weight is 275 g/mol. The van der Waals surface area contributed by atoms with E-state index in [1.807, 2.05) is 40.0 Å². The summed E-state index contributed by atoms with van der Waals surface area (Å²) in [4.78, 5) is 4.27. The van der Waals surface area contributed by atoms with Crippen LogP contribution in [0.3, 0.4) is 0 Å². The van der Waals surface area contributed by atoms with Gasteiger partial charge in [0, 0.05) is 25.4 Å². The molecule has 0 spiro atoms. The van der Waals surface area contributed by atoms with Crippen LogP contribution in [0.15, 0.2) is 18.3 Å². The highest BCUT2D eigenvalue weighted by Gasteiger charge is 2.11. The molecular weight excluding hydrogens is 254 g/mol. The van der Waals surface area contributed by atoms with Gasteiger partial charge >= 0.3 is 0 Å². The number of aromatic nitrogens is 3. The molecule has 0 saturated carbocycles. The molecule has 0 bridgehead atoms. The summed E-state index contributed by atoms with van der Waals surface area (Å²) in [6.45, 7) is 6.43. The lowest BCUT2D eigenvalue weighted by atomic mass is 10.2. The Balaban J connectivity index is 2.15. The highest BCUT2D eigenvalue weighted by Crippen LogP contribution is 2.23. The zero-order chi connectivity index (χ0) is 14.7. The number of rotatable bonds is 5. The number of nitrogens with one attached hydrogen (secondary N) is 1. The molecule has 2 rings (SSSR count). The third-order valence-electron chi connectivity index (χ3n) is 2.91. The van der Waals surface area contributed by atoms with E-state index in [2.05, 4.69) is 15.4 Å². The Morgan fingerprint density at radius 3 is 2.80 bits per heavy atom. The summed E-state index contributed by atoms with van der Waals surface area (Å²) in [5.41, 5.74) is 8.47. The van der Waals surface area contributed by atoms with Crippen LogP contribution in [0.2, 0.25) is 0 Å². The van der Waals surface area contributed by atoms with E-state index < -0.39 is 0 Å². The van der Waals surface area contributed by atoms with Crippen molar-refractivity contribution in [2.75, 3.05) is 11.1 Å². The fraction of sp³-hybridized carbons (Fsp3) is 0.429. The fourth-order valence-corrected chi connectivity index (χ4v) is 1.95. The molecule has 2 aromatic rings. The SMILES string of the molecule is Cc1nn(C)c(NCc2cccnc2OC(C)C)c1N. The number of anilines is 2. The zero-order valence-corrected chi connectivity index (χ0v) is 12.3. The minimum absolute atomic E-state index is 0.0904. The molecule has 20 heavy (non-hydrogen) atoms. The second kappa shape index (κ2) is 5.81. The molecule has 0 aliphatic rings. The molecule has 0 aliphatic heterocycles. The molecule has 0 radical (unpaired) electrons. The Bertz CT molecular complexity index is 591.